The van der Waals surface area contributed by atoms with Crippen LogP contribution in [-0.4, -0.2) is 17.0 Å². The van der Waals surface area contributed by atoms with Gasteiger partial charge in [-0.1, -0.05) is 26.0 Å². The average Bonchev–Trinajstić information content (AvgIpc) is 2.03. The van der Waals surface area contributed by atoms with Gasteiger partial charge in [-0.15, -0.1) is 13.2 Å². The molecule has 0 heterocycles. The Morgan fingerprint density at radius 3 is 2.46 bits per heavy atom. The summed E-state index contributed by atoms with van der Waals surface area (Å²) in [6.45, 7) is 10.9. The van der Waals surface area contributed by atoms with E-state index in [-0.39, 0.29) is 17.6 Å². The predicted octanol–water partition coefficient (Wildman–Crippen LogP) is 2.09. The Kier molecular flexibility index (Phi) is 4.63. The smallest absolute Gasteiger partial charge is 0.136 e. The number of aliphatic hydroxyl groups excluding tert-OH is 1. The Hall–Kier alpha value is -0.890. The standard InChI is InChI=1S/C11H18O2/c1-5-9(12)7-10(13)8-11(3,4)6-2/h5-6,9,12H,1-2,7-8H2,3-4H3. The highest BCUT2D eigenvalue weighted by Gasteiger charge is 2.19. The van der Waals surface area contributed by atoms with E-state index in [1.807, 2.05) is 13.8 Å². The van der Waals surface area contributed by atoms with Gasteiger partial charge in [-0.2, -0.15) is 0 Å². The molecule has 0 aliphatic carbocycles. The van der Waals surface area contributed by atoms with Crippen LogP contribution in [0.3, 0.4) is 0 Å². The molecule has 13 heavy (non-hydrogen) atoms. The number of aliphatic hydroxyl groups is 1. The molecule has 0 aromatic heterocycles. The van der Waals surface area contributed by atoms with Crippen molar-refractivity contribution in [2.75, 3.05) is 0 Å². The molecule has 2 nitrogen and oxygen atoms in total. The molecule has 74 valence electrons. The molecular weight excluding hydrogens is 164 g/mol. The van der Waals surface area contributed by atoms with E-state index in [9.17, 15) is 4.79 Å². The first kappa shape index (κ1) is 12.1. The average molecular weight is 182 g/mol. The quantitative estimate of drug-likeness (QED) is 0.639. The van der Waals surface area contributed by atoms with Gasteiger partial charge < -0.3 is 5.11 Å². The number of hydrogen-bond donors (Lipinski definition) is 1. The minimum Gasteiger partial charge on any atom is -0.389 e. The maximum atomic E-state index is 11.3. The molecule has 1 unspecified atom stereocenters. The van der Waals surface area contributed by atoms with Crippen molar-refractivity contribution in [1.29, 1.82) is 0 Å². The van der Waals surface area contributed by atoms with Crippen molar-refractivity contribution in [2.24, 2.45) is 5.41 Å². The van der Waals surface area contributed by atoms with Crippen molar-refractivity contribution < 1.29 is 9.90 Å². The fourth-order valence-electron chi connectivity index (χ4n) is 0.969. The molecule has 1 N–H and O–H groups in total. The number of carbonyl (C=O) groups is 1. The van der Waals surface area contributed by atoms with Crippen molar-refractivity contribution in [1.82, 2.24) is 0 Å². The maximum absolute atomic E-state index is 11.3. The SMILES string of the molecule is C=CC(O)CC(=O)CC(C)(C)C=C. The van der Waals surface area contributed by atoms with Crippen LogP contribution in [0.2, 0.25) is 0 Å². The molecule has 0 amide bonds. The van der Waals surface area contributed by atoms with E-state index in [1.165, 1.54) is 6.08 Å². The van der Waals surface area contributed by atoms with Crippen molar-refractivity contribution in [3.05, 3.63) is 25.3 Å². The Morgan fingerprint density at radius 2 is 2.08 bits per heavy atom. The van der Waals surface area contributed by atoms with Crippen LogP contribution in [-0.2, 0) is 4.79 Å². The second kappa shape index (κ2) is 4.97. The summed E-state index contributed by atoms with van der Waals surface area (Å²) in [6, 6.07) is 0. The van der Waals surface area contributed by atoms with Crippen molar-refractivity contribution in [2.45, 2.75) is 32.8 Å². The maximum Gasteiger partial charge on any atom is 0.136 e. The molecule has 0 rings (SSSR count). The first-order valence-electron chi connectivity index (χ1n) is 4.37. The van der Waals surface area contributed by atoms with Gasteiger partial charge in [0.2, 0.25) is 0 Å². The number of carbonyl (C=O) groups excluding carboxylic acids is 1. The Bertz CT molecular complexity index is 204. The summed E-state index contributed by atoms with van der Waals surface area (Å²) in [6.07, 6.45) is 2.99. The third-order valence-corrected chi connectivity index (χ3v) is 1.91. The van der Waals surface area contributed by atoms with Crippen LogP contribution in [0.4, 0.5) is 0 Å². The zero-order chi connectivity index (χ0) is 10.5. The summed E-state index contributed by atoms with van der Waals surface area (Å²) < 4.78 is 0. The largest absolute Gasteiger partial charge is 0.389 e. The lowest BCUT2D eigenvalue weighted by Crippen LogP contribution is -2.18. The van der Waals surface area contributed by atoms with E-state index in [0.717, 1.165) is 0 Å². The van der Waals surface area contributed by atoms with Gasteiger partial charge >= 0.3 is 0 Å². The van der Waals surface area contributed by atoms with E-state index < -0.39 is 6.10 Å². The molecule has 0 aromatic carbocycles. The van der Waals surface area contributed by atoms with Crippen molar-refractivity contribution in [3.63, 3.8) is 0 Å². The third-order valence-electron chi connectivity index (χ3n) is 1.91. The topological polar surface area (TPSA) is 37.3 Å². The number of hydrogen-bond acceptors (Lipinski definition) is 2. The van der Waals surface area contributed by atoms with Gasteiger partial charge in [-0.3, -0.25) is 4.79 Å². The Balaban J connectivity index is 4.01. The van der Waals surface area contributed by atoms with Gasteiger partial charge in [0.15, 0.2) is 0 Å². The van der Waals surface area contributed by atoms with E-state index >= 15 is 0 Å². The first-order valence-corrected chi connectivity index (χ1v) is 4.37. The highest BCUT2D eigenvalue weighted by Crippen LogP contribution is 2.22. The lowest BCUT2D eigenvalue weighted by Gasteiger charge is -2.18. The first-order chi connectivity index (χ1) is 5.91. The normalized spacial score (nSPS) is 13.5. The zero-order valence-corrected chi connectivity index (χ0v) is 8.42. The number of rotatable bonds is 6. The summed E-state index contributed by atoms with van der Waals surface area (Å²) in [5.74, 6) is 0.0392. The van der Waals surface area contributed by atoms with Gasteiger partial charge in [0.1, 0.15) is 5.78 Å². The van der Waals surface area contributed by atoms with Crippen LogP contribution in [0, 0.1) is 5.41 Å². The number of ketones is 1. The lowest BCUT2D eigenvalue weighted by molar-refractivity contribution is -0.121. The van der Waals surface area contributed by atoms with Gasteiger partial charge in [0, 0.05) is 12.8 Å². The van der Waals surface area contributed by atoms with Crippen LogP contribution in [0.1, 0.15) is 26.7 Å². The summed E-state index contributed by atoms with van der Waals surface area (Å²) in [4.78, 5) is 11.3. The minimum atomic E-state index is -0.715. The molecule has 0 aromatic rings. The van der Waals surface area contributed by atoms with Crippen molar-refractivity contribution >= 4 is 5.78 Å². The second-order valence-electron chi connectivity index (χ2n) is 3.92. The molecule has 0 saturated heterocycles. The summed E-state index contributed by atoms with van der Waals surface area (Å²) in [5, 5.41) is 9.13. The molecule has 1 atom stereocenters. The van der Waals surface area contributed by atoms with E-state index in [2.05, 4.69) is 13.2 Å². The monoisotopic (exact) mass is 182 g/mol. The molecule has 0 aliphatic rings. The predicted molar refractivity (Wildman–Crippen MR) is 54.4 cm³/mol. The Labute approximate surface area is 80.0 Å². The summed E-state index contributed by atoms with van der Waals surface area (Å²) in [7, 11) is 0. The van der Waals surface area contributed by atoms with Crippen LogP contribution >= 0.6 is 0 Å². The molecule has 2 heteroatoms. The second-order valence-corrected chi connectivity index (χ2v) is 3.92. The van der Waals surface area contributed by atoms with Gasteiger partial charge in [0.25, 0.3) is 0 Å². The van der Waals surface area contributed by atoms with E-state index in [0.29, 0.717) is 6.42 Å². The minimum absolute atomic E-state index is 0.0392. The fourth-order valence-corrected chi connectivity index (χ4v) is 0.969. The van der Waals surface area contributed by atoms with Gasteiger partial charge in [-0.25, -0.2) is 0 Å². The van der Waals surface area contributed by atoms with Gasteiger partial charge in [0.05, 0.1) is 6.10 Å². The van der Waals surface area contributed by atoms with Crippen LogP contribution in [0.5, 0.6) is 0 Å². The van der Waals surface area contributed by atoms with E-state index in [4.69, 9.17) is 5.11 Å². The Morgan fingerprint density at radius 1 is 1.54 bits per heavy atom. The molecular formula is C11H18O2. The molecule has 0 saturated carbocycles. The molecule has 0 spiro atoms. The molecule has 0 bridgehead atoms. The lowest BCUT2D eigenvalue weighted by atomic mass is 9.86. The molecule has 0 fully saturated rings. The van der Waals surface area contributed by atoms with Crippen LogP contribution in [0.15, 0.2) is 25.3 Å². The number of allylic oxidation sites excluding steroid dienone is 1. The molecule has 0 radical (unpaired) electrons. The third kappa shape index (κ3) is 5.36. The van der Waals surface area contributed by atoms with Crippen LogP contribution < -0.4 is 0 Å². The van der Waals surface area contributed by atoms with Gasteiger partial charge in [-0.05, 0) is 5.41 Å². The number of Topliss-reactive ketones (excluding diaryl/α,β-unsaturated/α-hetero) is 1. The van der Waals surface area contributed by atoms with Crippen molar-refractivity contribution in [3.8, 4) is 0 Å². The highest BCUT2D eigenvalue weighted by molar-refractivity contribution is 5.79. The summed E-state index contributed by atoms with van der Waals surface area (Å²) in [5.41, 5.74) is -0.183. The van der Waals surface area contributed by atoms with Crippen LogP contribution in [0.25, 0.3) is 0 Å². The molecule has 0 aliphatic heterocycles. The van der Waals surface area contributed by atoms with E-state index in [1.54, 1.807) is 6.08 Å². The zero-order valence-electron chi connectivity index (χ0n) is 8.42. The fraction of sp³-hybridized carbons (Fsp3) is 0.545. The summed E-state index contributed by atoms with van der Waals surface area (Å²) >= 11 is 0. The highest BCUT2D eigenvalue weighted by atomic mass is 16.3.